The molecule has 3 N–H and O–H groups in total. The summed E-state index contributed by atoms with van der Waals surface area (Å²) < 4.78 is 1.78. The molecular weight excluding hydrogens is 292 g/mol. The lowest BCUT2D eigenvalue weighted by Gasteiger charge is -2.17. The minimum atomic E-state index is -0.202. The van der Waals surface area contributed by atoms with Crippen LogP contribution in [-0.2, 0) is 0 Å². The number of rotatable bonds is 7. The molecule has 1 heterocycles. The summed E-state index contributed by atoms with van der Waals surface area (Å²) in [5.41, 5.74) is 1.97. The van der Waals surface area contributed by atoms with Crippen molar-refractivity contribution >= 4 is 6.03 Å². The summed E-state index contributed by atoms with van der Waals surface area (Å²) >= 11 is 0. The number of aromatic nitrogens is 2. The van der Waals surface area contributed by atoms with Gasteiger partial charge < -0.3 is 15.7 Å². The van der Waals surface area contributed by atoms with Gasteiger partial charge in [0, 0.05) is 25.5 Å². The Bertz CT molecular complexity index is 613. The first-order chi connectivity index (χ1) is 11.1. The highest BCUT2D eigenvalue weighted by atomic mass is 16.3. The molecule has 2 unspecified atom stereocenters. The quantitative estimate of drug-likeness (QED) is 0.733. The zero-order valence-corrected chi connectivity index (χ0v) is 13.6. The van der Waals surface area contributed by atoms with E-state index in [1.807, 2.05) is 50.4 Å². The predicted octanol–water partition coefficient (Wildman–Crippen LogP) is 2.25. The first-order valence-corrected chi connectivity index (χ1v) is 7.85. The van der Waals surface area contributed by atoms with Crippen molar-refractivity contribution in [3.8, 4) is 5.69 Å². The van der Waals surface area contributed by atoms with E-state index in [-0.39, 0.29) is 24.6 Å². The molecule has 2 aromatic rings. The van der Waals surface area contributed by atoms with Crippen molar-refractivity contribution in [3.63, 3.8) is 0 Å². The number of nitrogens with zero attached hydrogens (tertiary/aromatic N) is 2. The van der Waals surface area contributed by atoms with Crippen molar-refractivity contribution < 1.29 is 9.90 Å². The molecule has 2 amide bonds. The molecular formula is C17H24N4O2. The van der Waals surface area contributed by atoms with Crippen LogP contribution >= 0.6 is 0 Å². The third kappa shape index (κ3) is 5.10. The van der Waals surface area contributed by atoms with Crippen LogP contribution in [0.1, 0.15) is 31.9 Å². The van der Waals surface area contributed by atoms with Gasteiger partial charge in [-0.1, -0.05) is 19.1 Å². The fourth-order valence-corrected chi connectivity index (χ4v) is 2.28. The highest BCUT2D eigenvalue weighted by Gasteiger charge is 2.11. The SMILES string of the molecule is CC(CCO)CNC(=O)NC(C)c1cccc(-n2cccn2)c1. The van der Waals surface area contributed by atoms with E-state index in [1.165, 1.54) is 0 Å². The van der Waals surface area contributed by atoms with Crippen molar-refractivity contribution in [3.05, 3.63) is 48.3 Å². The van der Waals surface area contributed by atoms with Crippen LogP contribution in [-0.4, -0.2) is 34.1 Å². The number of urea groups is 1. The average molecular weight is 316 g/mol. The molecule has 0 fully saturated rings. The summed E-state index contributed by atoms with van der Waals surface area (Å²) in [6.07, 6.45) is 4.30. The molecule has 0 aliphatic rings. The minimum absolute atomic E-state index is 0.112. The van der Waals surface area contributed by atoms with Crippen molar-refractivity contribution in [2.24, 2.45) is 5.92 Å². The standard InChI is InChI=1S/C17H24N4O2/c1-13(7-10-22)12-18-17(23)20-14(2)15-5-3-6-16(11-15)21-9-4-8-19-21/h3-6,8-9,11,13-14,22H,7,10,12H2,1-2H3,(H2,18,20,23). The van der Waals surface area contributed by atoms with E-state index in [0.717, 1.165) is 11.3 Å². The molecule has 1 aromatic carbocycles. The van der Waals surface area contributed by atoms with Crippen molar-refractivity contribution in [1.82, 2.24) is 20.4 Å². The number of nitrogens with one attached hydrogen (secondary N) is 2. The van der Waals surface area contributed by atoms with Crippen LogP contribution in [0.25, 0.3) is 5.69 Å². The van der Waals surface area contributed by atoms with Gasteiger partial charge in [-0.2, -0.15) is 5.10 Å². The number of carbonyl (C=O) groups is 1. The largest absolute Gasteiger partial charge is 0.396 e. The van der Waals surface area contributed by atoms with Gasteiger partial charge in [-0.15, -0.1) is 0 Å². The summed E-state index contributed by atoms with van der Waals surface area (Å²) in [5.74, 6) is 0.254. The molecule has 0 bridgehead atoms. The lowest BCUT2D eigenvalue weighted by molar-refractivity contribution is 0.231. The molecule has 0 saturated carbocycles. The molecule has 6 heteroatoms. The molecule has 0 spiro atoms. The van der Waals surface area contributed by atoms with E-state index < -0.39 is 0 Å². The maximum Gasteiger partial charge on any atom is 0.315 e. The van der Waals surface area contributed by atoms with Gasteiger partial charge >= 0.3 is 6.03 Å². The average Bonchev–Trinajstić information content (AvgIpc) is 3.08. The Kier molecular flexibility index (Phi) is 6.17. The second-order valence-corrected chi connectivity index (χ2v) is 5.74. The molecule has 2 rings (SSSR count). The number of hydrogen-bond acceptors (Lipinski definition) is 3. The van der Waals surface area contributed by atoms with Gasteiger partial charge in [0.2, 0.25) is 0 Å². The Hall–Kier alpha value is -2.34. The highest BCUT2D eigenvalue weighted by molar-refractivity contribution is 5.74. The zero-order chi connectivity index (χ0) is 16.7. The smallest absolute Gasteiger partial charge is 0.315 e. The summed E-state index contributed by atoms with van der Waals surface area (Å²) in [6, 6.07) is 9.46. The molecule has 23 heavy (non-hydrogen) atoms. The van der Waals surface area contributed by atoms with Crippen LogP contribution < -0.4 is 10.6 Å². The first-order valence-electron chi connectivity index (χ1n) is 7.85. The minimum Gasteiger partial charge on any atom is -0.396 e. The molecule has 2 atom stereocenters. The summed E-state index contributed by atoms with van der Waals surface area (Å²) in [4.78, 5) is 11.9. The second kappa shape index (κ2) is 8.33. The topological polar surface area (TPSA) is 79.2 Å². The summed E-state index contributed by atoms with van der Waals surface area (Å²) in [6.45, 7) is 4.62. The van der Waals surface area contributed by atoms with Gasteiger partial charge in [-0.25, -0.2) is 9.48 Å². The number of aliphatic hydroxyl groups excluding tert-OH is 1. The van der Waals surface area contributed by atoms with E-state index >= 15 is 0 Å². The van der Waals surface area contributed by atoms with Crippen LogP contribution in [0, 0.1) is 5.92 Å². The maximum absolute atomic E-state index is 11.9. The van der Waals surface area contributed by atoms with Crippen LogP contribution in [0.2, 0.25) is 0 Å². The molecule has 0 radical (unpaired) electrons. The normalized spacial score (nSPS) is 13.3. The van der Waals surface area contributed by atoms with Gasteiger partial charge in [-0.3, -0.25) is 0 Å². The van der Waals surface area contributed by atoms with Gasteiger partial charge in [0.1, 0.15) is 0 Å². The first kappa shape index (κ1) is 17.0. The Morgan fingerprint density at radius 3 is 2.87 bits per heavy atom. The zero-order valence-electron chi connectivity index (χ0n) is 13.6. The fraction of sp³-hybridized carbons (Fsp3) is 0.412. The van der Waals surface area contributed by atoms with Gasteiger partial charge in [0.25, 0.3) is 0 Å². The number of hydrogen-bond donors (Lipinski definition) is 3. The number of amides is 2. The number of benzene rings is 1. The lowest BCUT2D eigenvalue weighted by Crippen LogP contribution is -2.39. The lowest BCUT2D eigenvalue weighted by atomic mass is 10.1. The van der Waals surface area contributed by atoms with E-state index in [1.54, 1.807) is 10.9 Å². The van der Waals surface area contributed by atoms with E-state index in [0.29, 0.717) is 13.0 Å². The molecule has 0 saturated heterocycles. The number of carbonyl (C=O) groups excluding carboxylic acids is 1. The molecule has 124 valence electrons. The molecule has 1 aromatic heterocycles. The third-order valence-corrected chi connectivity index (χ3v) is 3.72. The Morgan fingerprint density at radius 2 is 2.17 bits per heavy atom. The number of aliphatic hydroxyl groups is 1. The fourth-order valence-electron chi connectivity index (χ4n) is 2.28. The van der Waals surface area contributed by atoms with Gasteiger partial charge in [0.05, 0.1) is 11.7 Å². The molecule has 0 aliphatic heterocycles. The Labute approximate surface area is 136 Å². The van der Waals surface area contributed by atoms with Gasteiger partial charge in [0.15, 0.2) is 0 Å². The van der Waals surface area contributed by atoms with Crippen LogP contribution in [0.4, 0.5) is 4.79 Å². The maximum atomic E-state index is 11.9. The summed E-state index contributed by atoms with van der Waals surface area (Å²) in [7, 11) is 0. The predicted molar refractivity (Wildman–Crippen MR) is 89.4 cm³/mol. The third-order valence-electron chi connectivity index (χ3n) is 3.72. The van der Waals surface area contributed by atoms with E-state index in [9.17, 15) is 4.79 Å². The van der Waals surface area contributed by atoms with Crippen molar-refractivity contribution in [2.75, 3.05) is 13.2 Å². The molecule has 6 nitrogen and oxygen atoms in total. The van der Waals surface area contributed by atoms with Gasteiger partial charge in [-0.05, 0) is 43.0 Å². The van der Waals surface area contributed by atoms with E-state index in [4.69, 9.17) is 5.11 Å². The second-order valence-electron chi connectivity index (χ2n) is 5.74. The Morgan fingerprint density at radius 1 is 1.35 bits per heavy atom. The summed E-state index contributed by atoms with van der Waals surface area (Å²) in [5, 5.41) is 18.8. The van der Waals surface area contributed by atoms with Crippen molar-refractivity contribution in [2.45, 2.75) is 26.3 Å². The monoisotopic (exact) mass is 316 g/mol. The van der Waals surface area contributed by atoms with Crippen LogP contribution in [0.5, 0.6) is 0 Å². The Balaban J connectivity index is 1.91. The van der Waals surface area contributed by atoms with Crippen LogP contribution in [0.3, 0.4) is 0 Å². The van der Waals surface area contributed by atoms with Crippen molar-refractivity contribution in [1.29, 1.82) is 0 Å². The molecule has 0 aliphatic carbocycles. The van der Waals surface area contributed by atoms with Crippen LogP contribution in [0.15, 0.2) is 42.7 Å². The highest BCUT2D eigenvalue weighted by Crippen LogP contribution is 2.16. The van der Waals surface area contributed by atoms with E-state index in [2.05, 4.69) is 15.7 Å².